The van der Waals surface area contributed by atoms with Crippen molar-refractivity contribution in [2.75, 3.05) is 11.9 Å². The summed E-state index contributed by atoms with van der Waals surface area (Å²) in [6.45, 7) is 2.99. The van der Waals surface area contributed by atoms with E-state index >= 15 is 0 Å². The Hall–Kier alpha value is -0.440. The SMILES string of the molecule is CCC1CC(Nc2ccc(Cl)c(Cl)c2)CCO1. The zero-order valence-electron chi connectivity index (χ0n) is 9.88. The molecule has 1 N–H and O–H groups in total. The molecule has 0 aliphatic carbocycles. The predicted molar refractivity (Wildman–Crippen MR) is 73.1 cm³/mol. The van der Waals surface area contributed by atoms with Gasteiger partial charge in [-0.3, -0.25) is 0 Å². The molecule has 2 rings (SSSR count). The summed E-state index contributed by atoms with van der Waals surface area (Å²) in [5.41, 5.74) is 1.03. The maximum atomic E-state index is 5.99. The standard InChI is InChI=1S/C13H17Cl2NO/c1-2-11-7-10(5-6-17-11)16-9-3-4-12(14)13(15)8-9/h3-4,8,10-11,16H,2,5-7H2,1H3. The summed E-state index contributed by atoms with van der Waals surface area (Å²) in [7, 11) is 0. The lowest BCUT2D eigenvalue weighted by Crippen LogP contribution is -2.33. The van der Waals surface area contributed by atoms with E-state index in [0.29, 0.717) is 22.2 Å². The summed E-state index contributed by atoms with van der Waals surface area (Å²) in [6.07, 6.45) is 3.54. The molecule has 1 saturated heterocycles. The molecule has 17 heavy (non-hydrogen) atoms. The van der Waals surface area contributed by atoms with Gasteiger partial charge in [-0.1, -0.05) is 30.1 Å². The van der Waals surface area contributed by atoms with Crippen LogP contribution in [-0.4, -0.2) is 18.8 Å². The largest absolute Gasteiger partial charge is 0.382 e. The molecule has 94 valence electrons. The summed E-state index contributed by atoms with van der Waals surface area (Å²) in [5.74, 6) is 0. The quantitative estimate of drug-likeness (QED) is 0.884. The van der Waals surface area contributed by atoms with Crippen LogP contribution in [0.3, 0.4) is 0 Å². The van der Waals surface area contributed by atoms with E-state index in [1.165, 1.54) is 0 Å². The molecule has 2 atom stereocenters. The zero-order chi connectivity index (χ0) is 12.3. The Kier molecular flexibility index (Phi) is 4.55. The Bertz CT molecular complexity index is 384. The molecule has 1 aromatic carbocycles. The Balaban J connectivity index is 1.97. The third kappa shape index (κ3) is 3.51. The topological polar surface area (TPSA) is 21.3 Å². The van der Waals surface area contributed by atoms with Gasteiger partial charge in [0.1, 0.15) is 0 Å². The molecule has 0 aromatic heterocycles. The molecule has 4 heteroatoms. The number of hydrogen-bond donors (Lipinski definition) is 1. The Labute approximate surface area is 112 Å². The Morgan fingerprint density at radius 2 is 2.18 bits per heavy atom. The average molecular weight is 274 g/mol. The van der Waals surface area contributed by atoms with E-state index in [-0.39, 0.29) is 0 Å². The minimum Gasteiger partial charge on any atom is -0.382 e. The fourth-order valence-electron chi connectivity index (χ4n) is 2.12. The van der Waals surface area contributed by atoms with Crippen LogP contribution in [0.15, 0.2) is 18.2 Å². The molecule has 0 bridgehead atoms. The van der Waals surface area contributed by atoms with Crippen LogP contribution in [0.2, 0.25) is 10.0 Å². The van der Waals surface area contributed by atoms with E-state index in [0.717, 1.165) is 31.6 Å². The molecule has 1 aliphatic rings. The van der Waals surface area contributed by atoms with Crippen molar-refractivity contribution in [2.45, 2.75) is 38.3 Å². The van der Waals surface area contributed by atoms with Gasteiger partial charge in [0.15, 0.2) is 0 Å². The molecule has 0 radical (unpaired) electrons. The third-order valence-corrected chi connectivity index (χ3v) is 3.85. The highest BCUT2D eigenvalue weighted by Crippen LogP contribution is 2.27. The second-order valence-corrected chi connectivity index (χ2v) is 5.21. The lowest BCUT2D eigenvalue weighted by atomic mass is 10.0. The highest BCUT2D eigenvalue weighted by molar-refractivity contribution is 6.42. The fourth-order valence-corrected chi connectivity index (χ4v) is 2.42. The average Bonchev–Trinajstić information content (AvgIpc) is 2.34. The lowest BCUT2D eigenvalue weighted by molar-refractivity contribution is 0.00926. The minimum absolute atomic E-state index is 0.379. The van der Waals surface area contributed by atoms with Crippen LogP contribution < -0.4 is 5.32 Å². The lowest BCUT2D eigenvalue weighted by Gasteiger charge is -2.30. The van der Waals surface area contributed by atoms with Crippen molar-refractivity contribution in [2.24, 2.45) is 0 Å². The number of halogens is 2. The molecule has 1 aliphatic heterocycles. The maximum Gasteiger partial charge on any atom is 0.0612 e. The van der Waals surface area contributed by atoms with Crippen LogP contribution in [-0.2, 0) is 4.74 Å². The summed E-state index contributed by atoms with van der Waals surface area (Å²) >= 11 is 11.9. The highest BCUT2D eigenvalue weighted by Gasteiger charge is 2.21. The molecule has 1 aromatic rings. The second-order valence-electron chi connectivity index (χ2n) is 4.40. The van der Waals surface area contributed by atoms with Gasteiger partial charge in [0.25, 0.3) is 0 Å². The van der Waals surface area contributed by atoms with Crippen LogP contribution in [0.5, 0.6) is 0 Å². The van der Waals surface area contributed by atoms with Gasteiger partial charge in [-0.15, -0.1) is 0 Å². The van der Waals surface area contributed by atoms with Crippen LogP contribution in [0, 0.1) is 0 Å². The van der Waals surface area contributed by atoms with Crippen molar-refractivity contribution in [3.8, 4) is 0 Å². The van der Waals surface area contributed by atoms with Crippen LogP contribution >= 0.6 is 23.2 Å². The van der Waals surface area contributed by atoms with E-state index in [2.05, 4.69) is 12.2 Å². The van der Waals surface area contributed by atoms with Gasteiger partial charge in [0, 0.05) is 18.3 Å². The number of ether oxygens (including phenoxy) is 1. The molecular weight excluding hydrogens is 257 g/mol. The van der Waals surface area contributed by atoms with Crippen molar-refractivity contribution in [1.29, 1.82) is 0 Å². The van der Waals surface area contributed by atoms with Gasteiger partial charge in [-0.2, -0.15) is 0 Å². The number of anilines is 1. The number of benzene rings is 1. The molecule has 1 fully saturated rings. The first kappa shape index (κ1) is 13.0. The third-order valence-electron chi connectivity index (χ3n) is 3.11. The van der Waals surface area contributed by atoms with Crippen molar-refractivity contribution < 1.29 is 4.74 Å². The molecule has 0 amide bonds. The van der Waals surface area contributed by atoms with Crippen molar-refractivity contribution >= 4 is 28.9 Å². The summed E-state index contributed by atoms with van der Waals surface area (Å²) in [5, 5.41) is 4.68. The van der Waals surface area contributed by atoms with E-state index in [1.54, 1.807) is 0 Å². The van der Waals surface area contributed by atoms with Crippen molar-refractivity contribution in [1.82, 2.24) is 0 Å². The second kappa shape index (κ2) is 5.94. The van der Waals surface area contributed by atoms with Gasteiger partial charge in [-0.05, 0) is 37.5 Å². The van der Waals surface area contributed by atoms with E-state index in [9.17, 15) is 0 Å². The van der Waals surface area contributed by atoms with Gasteiger partial charge in [0.2, 0.25) is 0 Å². The predicted octanol–water partition coefficient (Wildman–Crippen LogP) is 4.36. The minimum atomic E-state index is 0.379. The smallest absolute Gasteiger partial charge is 0.0612 e. The number of nitrogens with one attached hydrogen (secondary N) is 1. The number of rotatable bonds is 3. The molecule has 0 spiro atoms. The van der Waals surface area contributed by atoms with Gasteiger partial charge < -0.3 is 10.1 Å². The van der Waals surface area contributed by atoms with E-state index < -0.39 is 0 Å². The molecule has 2 nitrogen and oxygen atoms in total. The van der Waals surface area contributed by atoms with Crippen LogP contribution in [0.4, 0.5) is 5.69 Å². The first-order chi connectivity index (χ1) is 8.19. The van der Waals surface area contributed by atoms with E-state index in [4.69, 9.17) is 27.9 Å². The number of hydrogen-bond acceptors (Lipinski definition) is 2. The monoisotopic (exact) mass is 273 g/mol. The highest BCUT2D eigenvalue weighted by atomic mass is 35.5. The summed E-state index contributed by atoms with van der Waals surface area (Å²) in [4.78, 5) is 0. The first-order valence-corrected chi connectivity index (χ1v) is 6.78. The van der Waals surface area contributed by atoms with Crippen molar-refractivity contribution in [3.05, 3.63) is 28.2 Å². The summed E-state index contributed by atoms with van der Waals surface area (Å²) in [6, 6.07) is 6.12. The molecule has 1 heterocycles. The zero-order valence-corrected chi connectivity index (χ0v) is 11.4. The van der Waals surface area contributed by atoms with Gasteiger partial charge >= 0.3 is 0 Å². The van der Waals surface area contributed by atoms with Gasteiger partial charge in [0.05, 0.1) is 16.1 Å². The Morgan fingerprint density at radius 3 is 2.88 bits per heavy atom. The molecule has 0 saturated carbocycles. The van der Waals surface area contributed by atoms with E-state index in [1.807, 2.05) is 18.2 Å². The molecular formula is C13H17Cl2NO. The van der Waals surface area contributed by atoms with Crippen LogP contribution in [0.25, 0.3) is 0 Å². The fraction of sp³-hybridized carbons (Fsp3) is 0.538. The van der Waals surface area contributed by atoms with Crippen LogP contribution in [0.1, 0.15) is 26.2 Å². The van der Waals surface area contributed by atoms with Gasteiger partial charge in [-0.25, -0.2) is 0 Å². The summed E-state index contributed by atoms with van der Waals surface area (Å²) < 4.78 is 5.65. The Morgan fingerprint density at radius 1 is 1.35 bits per heavy atom. The maximum absolute atomic E-state index is 5.99. The van der Waals surface area contributed by atoms with Crippen molar-refractivity contribution in [3.63, 3.8) is 0 Å². The normalized spacial score (nSPS) is 24.6. The molecule has 2 unspecified atom stereocenters. The first-order valence-electron chi connectivity index (χ1n) is 6.02.